The maximum atomic E-state index is 11.9. The van der Waals surface area contributed by atoms with Crippen LogP contribution in [0.1, 0.15) is 47.7 Å². The average molecular weight is 367 g/mol. The van der Waals surface area contributed by atoms with Gasteiger partial charge in [-0.1, -0.05) is 42.5 Å². The van der Waals surface area contributed by atoms with Crippen molar-refractivity contribution < 1.29 is 14.7 Å². The minimum atomic E-state index is -0.956. The van der Waals surface area contributed by atoms with Gasteiger partial charge in [0.15, 0.2) is 0 Å². The summed E-state index contributed by atoms with van der Waals surface area (Å²) in [5.41, 5.74) is 4.57. The molecular formula is C21H25N3O3. The molecule has 142 valence electrons. The molecule has 0 aliphatic heterocycles. The molecule has 0 bridgehead atoms. The zero-order valence-electron chi connectivity index (χ0n) is 15.7. The number of aryl methyl sites for hydroxylation is 1. The van der Waals surface area contributed by atoms with Crippen molar-refractivity contribution in [3.05, 3.63) is 65.0 Å². The Labute approximate surface area is 158 Å². The molecule has 27 heavy (non-hydrogen) atoms. The summed E-state index contributed by atoms with van der Waals surface area (Å²) in [6.07, 6.45) is 4.76. The first kappa shape index (κ1) is 18.9. The van der Waals surface area contributed by atoms with Gasteiger partial charge in [-0.2, -0.15) is 5.10 Å². The van der Waals surface area contributed by atoms with Crippen LogP contribution in [0.4, 0.5) is 0 Å². The van der Waals surface area contributed by atoms with E-state index in [9.17, 15) is 9.59 Å². The number of allylic oxidation sites excluding steroid dienone is 1. The van der Waals surface area contributed by atoms with E-state index < -0.39 is 5.97 Å². The van der Waals surface area contributed by atoms with Crippen molar-refractivity contribution in [2.45, 2.75) is 51.6 Å². The summed E-state index contributed by atoms with van der Waals surface area (Å²) in [5.74, 6) is -0.970. The Morgan fingerprint density at radius 3 is 2.63 bits per heavy atom. The first-order valence-electron chi connectivity index (χ1n) is 9.21. The van der Waals surface area contributed by atoms with Gasteiger partial charge in [0.25, 0.3) is 0 Å². The highest BCUT2D eigenvalue weighted by molar-refractivity contribution is 5.81. The molecule has 2 unspecified atom stereocenters. The lowest BCUT2D eigenvalue weighted by Gasteiger charge is -2.14. The third-order valence-electron chi connectivity index (χ3n) is 4.98. The lowest BCUT2D eigenvalue weighted by atomic mass is 9.96. The minimum Gasteiger partial charge on any atom is -0.481 e. The van der Waals surface area contributed by atoms with E-state index in [1.807, 2.05) is 35.9 Å². The molecule has 0 saturated carbocycles. The Kier molecular flexibility index (Phi) is 5.74. The number of aliphatic carboxylic acids is 1. The van der Waals surface area contributed by atoms with Crippen molar-refractivity contribution in [2.75, 3.05) is 0 Å². The number of hydrogen-bond acceptors (Lipinski definition) is 3. The van der Waals surface area contributed by atoms with Crippen LogP contribution in [-0.4, -0.2) is 32.8 Å². The van der Waals surface area contributed by atoms with Crippen LogP contribution in [0.2, 0.25) is 0 Å². The second-order valence-corrected chi connectivity index (χ2v) is 7.02. The van der Waals surface area contributed by atoms with Crippen LogP contribution < -0.4 is 5.32 Å². The van der Waals surface area contributed by atoms with Gasteiger partial charge in [-0.05, 0) is 25.8 Å². The average Bonchev–Trinajstić information content (AvgIpc) is 3.18. The largest absolute Gasteiger partial charge is 0.481 e. The van der Waals surface area contributed by atoms with E-state index in [1.165, 1.54) is 11.1 Å². The van der Waals surface area contributed by atoms with Crippen molar-refractivity contribution in [1.82, 2.24) is 15.1 Å². The molecule has 1 aliphatic carbocycles. The summed E-state index contributed by atoms with van der Waals surface area (Å²) >= 11 is 0. The van der Waals surface area contributed by atoms with Crippen LogP contribution >= 0.6 is 0 Å². The van der Waals surface area contributed by atoms with E-state index in [2.05, 4.69) is 30.4 Å². The van der Waals surface area contributed by atoms with E-state index in [4.69, 9.17) is 10.2 Å². The van der Waals surface area contributed by atoms with Gasteiger partial charge in [-0.25, -0.2) is 0 Å². The van der Waals surface area contributed by atoms with Gasteiger partial charge in [0.05, 0.1) is 18.7 Å². The molecule has 2 N–H and O–H groups in total. The predicted octanol–water partition coefficient (Wildman–Crippen LogP) is 2.94. The molecule has 2 atom stereocenters. The zero-order valence-corrected chi connectivity index (χ0v) is 15.7. The third kappa shape index (κ3) is 4.64. The summed E-state index contributed by atoms with van der Waals surface area (Å²) in [7, 11) is 0. The highest BCUT2D eigenvalue weighted by Crippen LogP contribution is 2.33. The third-order valence-corrected chi connectivity index (χ3v) is 4.98. The standard InChI is InChI=1S/C21H25N3O3/c1-14-21(15(2)24(23-14)13-16-6-4-3-5-7-16)17-8-9-18(12-17)22-19(25)10-11-20(26)27/h3-9,17-18H,10-13H2,1-2H3,(H,22,25)(H,26,27). The summed E-state index contributed by atoms with van der Waals surface area (Å²) in [6.45, 7) is 4.85. The molecule has 0 saturated heterocycles. The van der Waals surface area contributed by atoms with Crippen molar-refractivity contribution in [3.8, 4) is 0 Å². The highest BCUT2D eigenvalue weighted by Gasteiger charge is 2.26. The van der Waals surface area contributed by atoms with E-state index in [-0.39, 0.29) is 30.7 Å². The molecule has 6 nitrogen and oxygen atoms in total. The number of amides is 1. The number of aromatic nitrogens is 2. The van der Waals surface area contributed by atoms with Crippen molar-refractivity contribution in [3.63, 3.8) is 0 Å². The number of carboxylic acids is 1. The number of hydrogen-bond donors (Lipinski definition) is 2. The smallest absolute Gasteiger partial charge is 0.303 e. The van der Waals surface area contributed by atoms with Crippen molar-refractivity contribution in [2.24, 2.45) is 0 Å². The number of carboxylic acid groups (broad SMARTS) is 1. The van der Waals surface area contributed by atoms with Gasteiger partial charge in [0.2, 0.25) is 5.91 Å². The Morgan fingerprint density at radius 1 is 1.19 bits per heavy atom. The Balaban J connectivity index is 1.65. The van der Waals surface area contributed by atoms with E-state index in [0.717, 1.165) is 24.4 Å². The molecule has 6 heteroatoms. The summed E-state index contributed by atoms with van der Waals surface area (Å²) < 4.78 is 2.03. The fraction of sp³-hybridized carbons (Fsp3) is 0.381. The minimum absolute atomic E-state index is 0.0113. The first-order chi connectivity index (χ1) is 12.9. The number of rotatable bonds is 7. The Bertz CT molecular complexity index is 855. The van der Waals surface area contributed by atoms with Crippen LogP contribution in [-0.2, 0) is 16.1 Å². The van der Waals surface area contributed by atoms with Crippen LogP contribution in [0, 0.1) is 13.8 Å². The van der Waals surface area contributed by atoms with Gasteiger partial charge in [-0.3, -0.25) is 14.3 Å². The van der Waals surface area contributed by atoms with Gasteiger partial charge >= 0.3 is 5.97 Å². The molecule has 3 rings (SSSR count). The highest BCUT2D eigenvalue weighted by atomic mass is 16.4. The number of nitrogens with one attached hydrogen (secondary N) is 1. The lowest BCUT2D eigenvalue weighted by molar-refractivity contribution is -0.138. The second kappa shape index (κ2) is 8.20. The van der Waals surface area contributed by atoms with Crippen molar-refractivity contribution in [1.29, 1.82) is 0 Å². The lowest BCUT2D eigenvalue weighted by Crippen LogP contribution is -2.32. The van der Waals surface area contributed by atoms with Crippen molar-refractivity contribution >= 4 is 11.9 Å². The SMILES string of the molecule is Cc1nn(Cc2ccccc2)c(C)c1C1C=CC(NC(=O)CCC(=O)O)C1. The fourth-order valence-corrected chi connectivity index (χ4v) is 3.68. The number of benzene rings is 1. The summed E-state index contributed by atoms with van der Waals surface area (Å²) in [6, 6.07) is 10.2. The molecular weight excluding hydrogens is 342 g/mol. The van der Waals surface area contributed by atoms with Crippen LogP contribution in [0.25, 0.3) is 0 Å². The second-order valence-electron chi connectivity index (χ2n) is 7.02. The van der Waals surface area contributed by atoms with Gasteiger partial charge in [0.1, 0.15) is 0 Å². The molecule has 1 amide bonds. The number of carbonyl (C=O) groups is 2. The number of nitrogens with zero attached hydrogens (tertiary/aromatic N) is 2. The van der Waals surface area contributed by atoms with Crippen LogP contribution in [0.3, 0.4) is 0 Å². The first-order valence-corrected chi connectivity index (χ1v) is 9.21. The van der Waals surface area contributed by atoms with Gasteiger partial charge in [0, 0.05) is 29.6 Å². The quantitative estimate of drug-likeness (QED) is 0.737. The molecule has 1 aliphatic rings. The van der Waals surface area contributed by atoms with Crippen LogP contribution in [0.15, 0.2) is 42.5 Å². The topological polar surface area (TPSA) is 84.2 Å². The number of carbonyl (C=O) groups excluding carboxylic acids is 1. The fourth-order valence-electron chi connectivity index (χ4n) is 3.68. The predicted molar refractivity (Wildman–Crippen MR) is 103 cm³/mol. The summed E-state index contributed by atoms with van der Waals surface area (Å²) in [4.78, 5) is 22.4. The van der Waals surface area contributed by atoms with Gasteiger partial charge < -0.3 is 10.4 Å². The molecule has 1 heterocycles. The van der Waals surface area contributed by atoms with Crippen LogP contribution in [0.5, 0.6) is 0 Å². The molecule has 0 fully saturated rings. The van der Waals surface area contributed by atoms with Gasteiger partial charge in [-0.15, -0.1) is 0 Å². The molecule has 1 aromatic carbocycles. The maximum absolute atomic E-state index is 11.9. The molecule has 2 aromatic rings. The van der Waals surface area contributed by atoms with E-state index >= 15 is 0 Å². The summed E-state index contributed by atoms with van der Waals surface area (Å²) in [5, 5.41) is 16.3. The van der Waals surface area contributed by atoms with E-state index in [0.29, 0.717) is 0 Å². The molecule has 1 aromatic heterocycles. The van der Waals surface area contributed by atoms with E-state index in [1.54, 1.807) is 0 Å². The maximum Gasteiger partial charge on any atom is 0.303 e. The molecule has 0 radical (unpaired) electrons. The Hall–Kier alpha value is -2.89. The zero-order chi connectivity index (χ0) is 19.4. The molecule has 0 spiro atoms. The Morgan fingerprint density at radius 2 is 1.93 bits per heavy atom. The normalized spacial score (nSPS) is 18.6. The monoisotopic (exact) mass is 367 g/mol.